The van der Waals surface area contributed by atoms with E-state index < -0.39 is 29.2 Å². The maximum Gasteiger partial charge on any atom is 0.352 e. The number of oxime groups is 1. The van der Waals surface area contributed by atoms with Gasteiger partial charge in [-0.3, -0.25) is 14.5 Å². The predicted octanol–water partition coefficient (Wildman–Crippen LogP) is 2.34. The molecule has 242 valence electrons. The average molecular weight is 698 g/mol. The summed E-state index contributed by atoms with van der Waals surface area (Å²) in [6.45, 7) is -0.0237. The Morgan fingerprint density at radius 1 is 1.15 bits per heavy atom. The fourth-order valence-corrected chi connectivity index (χ4v) is 7.35. The van der Waals surface area contributed by atoms with Crippen molar-refractivity contribution in [2.45, 2.75) is 23.2 Å². The lowest BCUT2D eigenvalue weighted by Crippen LogP contribution is -2.71. The second-order valence-corrected chi connectivity index (χ2v) is 12.9. The Labute approximate surface area is 276 Å². The molecule has 0 aliphatic carbocycles. The second kappa shape index (κ2) is 13.2. The van der Waals surface area contributed by atoms with Gasteiger partial charge in [0, 0.05) is 22.4 Å². The summed E-state index contributed by atoms with van der Waals surface area (Å²) in [4.78, 5) is 49.5. The van der Waals surface area contributed by atoms with Crippen molar-refractivity contribution in [3.8, 4) is 28.7 Å². The third-order valence-electron chi connectivity index (χ3n) is 6.84. The lowest BCUT2D eigenvalue weighted by Gasteiger charge is -2.49. The molecule has 2 aliphatic rings. The number of nitrogens with two attached hydrogens (primary N) is 1. The van der Waals surface area contributed by atoms with E-state index in [-0.39, 0.29) is 68.7 Å². The number of amides is 2. The number of carboxylic acids is 1. The molecule has 0 radical (unpaired) electrons. The minimum atomic E-state index is -1.31. The zero-order valence-electron chi connectivity index (χ0n) is 23.8. The van der Waals surface area contributed by atoms with Gasteiger partial charge >= 0.3 is 5.97 Å². The molecule has 2 aromatic heterocycles. The maximum absolute atomic E-state index is 13.3. The third-order valence-corrected chi connectivity index (χ3v) is 9.76. The number of aromatic nitrogens is 3. The van der Waals surface area contributed by atoms with Crippen LogP contribution in [0.5, 0.6) is 17.2 Å². The smallest absolute Gasteiger partial charge is 0.352 e. The maximum atomic E-state index is 13.3. The van der Waals surface area contributed by atoms with E-state index in [4.69, 9.17) is 15.0 Å². The summed E-state index contributed by atoms with van der Waals surface area (Å²) in [6.07, 6.45) is 0. The second-order valence-electron chi connectivity index (χ2n) is 9.93. The molecule has 2 amide bonds. The first kappa shape index (κ1) is 31.7. The molecular formula is C28H23N7O9S3. The van der Waals surface area contributed by atoms with Crippen LogP contribution in [0, 0.1) is 0 Å². The first-order chi connectivity index (χ1) is 22.6. The standard InChI is InChI=1S/C28H23N7O9S3/c29-27-30-16(11-46-27)19(34-43-8-12-1-4-15(36)5-2-12)22(39)31-20-24(40)35-21(26(41)42)14(9-45-25(20)35)10-47-28-33-32-23(44-28)13-3-6-17(37)18(38)7-13/h1-7,11,20,25,36-38H,8-10H2,(H2,29,30)(H,31,39)(H,41,42)/b34-19-/t20-,25-/m1/s1. The van der Waals surface area contributed by atoms with Crippen LogP contribution in [0.25, 0.3) is 11.5 Å². The molecule has 19 heteroatoms. The number of phenolic OH excluding ortho intramolecular Hbond substituents is 3. The number of carboxylic acid groups (broad SMARTS) is 1. The summed E-state index contributed by atoms with van der Waals surface area (Å²) in [6, 6.07) is 9.17. The molecule has 2 atom stereocenters. The molecular weight excluding hydrogens is 675 g/mol. The van der Waals surface area contributed by atoms with Gasteiger partial charge < -0.3 is 40.7 Å². The van der Waals surface area contributed by atoms with Gasteiger partial charge in [0.1, 0.15) is 35.2 Å². The number of aromatic hydroxyl groups is 3. The molecule has 7 N–H and O–H groups in total. The summed E-state index contributed by atoms with van der Waals surface area (Å²) in [5.74, 6) is -2.84. The molecule has 4 aromatic rings. The Morgan fingerprint density at radius 2 is 1.94 bits per heavy atom. The number of thioether (sulfide) groups is 2. The summed E-state index contributed by atoms with van der Waals surface area (Å²) in [5, 5.41) is 54.3. The molecule has 0 saturated carbocycles. The molecule has 0 bridgehead atoms. The van der Waals surface area contributed by atoms with Gasteiger partial charge in [-0.2, -0.15) is 0 Å². The molecule has 1 fully saturated rings. The van der Waals surface area contributed by atoms with Crippen LogP contribution in [-0.4, -0.2) is 86.9 Å². The van der Waals surface area contributed by atoms with E-state index in [0.717, 1.165) is 28.0 Å². The number of nitrogens with one attached hydrogen (secondary N) is 1. The van der Waals surface area contributed by atoms with Crippen LogP contribution in [0.15, 0.2) is 73.9 Å². The molecule has 47 heavy (non-hydrogen) atoms. The summed E-state index contributed by atoms with van der Waals surface area (Å²) in [5.41, 5.74) is 6.94. The van der Waals surface area contributed by atoms with Crippen molar-refractivity contribution in [1.82, 2.24) is 25.4 Å². The SMILES string of the molecule is Nc1nc(/C(=N/OCc2ccc(O)cc2)C(=O)N[C@@H]2C(=O)N3C(C(=O)O)=C(CSc4nnc(-c5ccc(O)c(O)c5)o4)CS[C@H]23)cs1. The van der Waals surface area contributed by atoms with Crippen molar-refractivity contribution >= 4 is 63.5 Å². The minimum absolute atomic E-state index is 0.0237. The van der Waals surface area contributed by atoms with Gasteiger partial charge in [0.15, 0.2) is 22.3 Å². The van der Waals surface area contributed by atoms with Crippen molar-refractivity contribution < 1.29 is 44.1 Å². The van der Waals surface area contributed by atoms with Crippen molar-refractivity contribution in [3.63, 3.8) is 0 Å². The lowest BCUT2D eigenvalue weighted by atomic mass is 10.0. The summed E-state index contributed by atoms with van der Waals surface area (Å²) >= 11 is 3.43. The fraction of sp³-hybridized carbons (Fsp3) is 0.179. The molecule has 2 aromatic carbocycles. The number of hydrogen-bond donors (Lipinski definition) is 6. The Kier molecular flexibility index (Phi) is 8.92. The van der Waals surface area contributed by atoms with Crippen molar-refractivity contribution in [2.75, 3.05) is 17.2 Å². The van der Waals surface area contributed by atoms with E-state index in [9.17, 15) is 34.8 Å². The Bertz CT molecular complexity index is 1930. The van der Waals surface area contributed by atoms with Crippen LogP contribution in [0.1, 0.15) is 11.3 Å². The van der Waals surface area contributed by atoms with Gasteiger partial charge in [-0.25, -0.2) is 9.78 Å². The lowest BCUT2D eigenvalue weighted by molar-refractivity contribution is -0.150. The fourth-order valence-electron chi connectivity index (χ4n) is 4.56. The number of aliphatic carboxylic acids is 1. The monoisotopic (exact) mass is 697 g/mol. The molecule has 6 rings (SSSR count). The number of carbonyl (C=O) groups excluding carboxylic acids is 2. The molecule has 2 aliphatic heterocycles. The van der Waals surface area contributed by atoms with E-state index >= 15 is 0 Å². The third kappa shape index (κ3) is 6.67. The van der Waals surface area contributed by atoms with Crippen LogP contribution in [0.3, 0.4) is 0 Å². The van der Waals surface area contributed by atoms with Gasteiger partial charge in [0.05, 0.1) is 0 Å². The number of carbonyl (C=O) groups is 3. The topological polar surface area (TPSA) is 247 Å². The molecule has 0 unspecified atom stereocenters. The number of nitrogens with zero attached hydrogens (tertiary/aromatic N) is 5. The van der Waals surface area contributed by atoms with Crippen LogP contribution in [-0.2, 0) is 25.8 Å². The first-order valence-corrected chi connectivity index (χ1v) is 16.4. The highest BCUT2D eigenvalue weighted by molar-refractivity contribution is 8.01. The van der Waals surface area contributed by atoms with Gasteiger partial charge in [0.25, 0.3) is 17.0 Å². The van der Waals surface area contributed by atoms with Crippen molar-refractivity contribution in [2.24, 2.45) is 5.16 Å². The number of β-lactam (4-membered cyclic amide) rings is 1. The Hall–Kier alpha value is -5.27. The number of hydrogen-bond acceptors (Lipinski definition) is 16. The number of phenols is 3. The van der Waals surface area contributed by atoms with Gasteiger partial charge in [-0.15, -0.1) is 33.3 Å². The van der Waals surface area contributed by atoms with E-state index in [1.807, 2.05) is 0 Å². The predicted molar refractivity (Wildman–Crippen MR) is 169 cm³/mol. The van der Waals surface area contributed by atoms with Gasteiger partial charge in [0.2, 0.25) is 5.89 Å². The van der Waals surface area contributed by atoms with E-state index in [0.29, 0.717) is 16.7 Å². The zero-order chi connectivity index (χ0) is 33.2. The number of rotatable bonds is 11. The average Bonchev–Trinajstić information content (AvgIpc) is 3.71. The minimum Gasteiger partial charge on any atom is -0.508 e. The largest absolute Gasteiger partial charge is 0.508 e. The highest BCUT2D eigenvalue weighted by atomic mass is 32.2. The number of fused-ring (bicyclic) bond motifs is 1. The van der Waals surface area contributed by atoms with Crippen LogP contribution in [0.2, 0.25) is 0 Å². The number of thiazole rings is 1. The Morgan fingerprint density at radius 3 is 2.64 bits per heavy atom. The Balaban J connectivity index is 1.13. The molecule has 0 spiro atoms. The van der Waals surface area contributed by atoms with Crippen LogP contribution >= 0.6 is 34.9 Å². The van der Waals surface area contributed by atoms with Crippen LogP contribution < -0.4 is 11.1 Å². The molecule has 4 heterocycles. The molecule has 1 saturated heterocycles. The first-order valence-electron chi connectivity index (χ1n) is 13.5. The van der Waals surface area contributed by atoms with E-state index in [1.165, 1.54) is 47.5 Å². The molecule has 16 nitrogen and oxygen atoms in total. The van der Waals surface area contributed by atoms with Crippen molar-refractivity contribution in [3.05, 3.63) is 70.4 Å². The normalized spacial score (nSPS) is 17.7. The highest BCUT2D eigenvalue weighted by Crippen LogP contribution is 2.42. The van der Waals surface area contributed by atoms with Gasteiger partial charge in [-0.05, 0) is 41.5 Å². The van der Waals surface area contributed by atoms with Crippen molar-refractivity contribution in [1.29, 1.82) is 0 Å². The van der Waals surface area contributed by atoms with E-state index in [2.05, 4.69) is 25.7 Å². The zero-order valence-corrected chi connectivity index (χ0v) is 26.2. The van der Waals surface area contributed by atoms with Crippen LogP contribution in [0.4, 0.5) is 5.13 Å². The summed E-state index contributed by atoms with van der Waals surface area (Å²) < 4.78 is 5.61. The van der Waals surface area contributed by atoms with Gasteiger partial charge in [-0.1, -0.05) is 29.1 Å². The highest BCUT2D eigenvalue weighted by Gasteiger charge is 2.54. The summed E-state index contributed by atoms with van der Waals surface area (Å²) in [7, 11) is 0. The number of nitrogen functional groups attached to an aromatic ring is 1. The van der Waals surface area contributed by atoms with E-state index in [1.54, 1.807) is 12.1 Å². The quantitative estimate of drug-likeness (QED) is 0.0433. The number of anilines is 1. The number of benzene rings is 2.